The third kappa shape index (κ3) is 3.77. The normalized spacial score (nSPS) is 13.6. The zero-order chi connectivity index (χ0) is 17.9. The maximum absolute atomic E-state index is 12.4. The summed E-state index contributed by atoms with van der Waals surface area (Å²) in [5.74, 6) is 2.29. The van der Waals surface area contributed by atoms with Crippen LogP contribution in [0.25, 0.3) is 10.8 Å². The molecule has 0 unspecified atom stereocenters. The molecule has 1 aromatic carbocycles. The highest BCUT2D eigenvalue weighted by Crippen LogP contribution is 2.41. The van der Waals surface area contributed by atoms with Crippen molar-refractivity contribution in [3.05, 3.63) is 47.2 Å². The summed E-state index contributed by atoms with van der Waals surface area (Å²) in [7, 11) is 0. The van der Waals surface area contributed by atoms with Gasteiger partial charge in [-0.3, -0.25) is 4.79 Å². The molecule has 1 N–H and O–H groups in total. The van der Waals surface area contributed by atoms with Crippen LogP contribution in [0.1, 0.15) is 37.1 Å². The minimum atomic E-state index is -0.0873. The molecule has 3 aromatic rings. The fourth-order valence-corrected chi connectivity index (χ4v) is 3.41. The van der Waals surface area contributed by atoms with E-state index in [-0.39, 0.29) is 5.91 Å². The van der Waals surface area contributed by atoms with Crippen LogP contribution in [0.5, 0.6) is 5.75 Å². The van der Waals surface area contributed by atoms with E-state index in [2.05, 4.69) is 15.5 Å². The number of aromatic nitrogens is 2. The van der Waals surface area contributed by atoms with Crippen LogP contribution >= 0.6 is 11.3 Å². The molecule has 2 aromatic heterocycles. The Morgan fingerprint density at radius 1 is 1.27 bits per heavy atom. The van der Waals surface area contributed by atoms with Gasteiger partial charge >= 0.3 is 0 Å². The number of amides is 1. The van der Waals surface area contributed by atoms with Crippen molar-refractivity contribution in [3.8, 4) is 16.5 Å². The lowest BCUT2D eigenvalue weighted by atomic mass is 10.1. The largest absolute Gasteiger partial charge is 0.494 e. The fraction of sp³-hybridized carbons (Fsp3) is 0.316. The number of nitrogens with one attached hydrogen (secondary N) is 1. The predicted octanol–water partition coefficient (Wildman–Crippen LogP) is 4.26. The number of hydrogen-bond donors (Lipinski definition) is 1. The number of hydrogen-bond acceptors (Lipinski definition) is 6. The highest BCUT2D eigenvalue weighted by atomic mass is 32.1. The summed E-state index contributed by atoms with van der Waals surface area (Å²) in [6.45, 7) is 2.57. The number of benzene rings is 1. The van der Waals surface area contributed by atoms with Crippen molar-refractivity contribution >= 4 is 22.9 Å². The standard InChI is InChI=1S/C19H19N3O3S/c1-2-24-14-7-3-12(4-8-14)11-16(23)20-15-9-10-26-17(15)19-22-21-18(25-19)13-5-6-13/h3-4,7-10,13H,2,5-6,11H2,1H3,(H,20,23). The molecule has 1 aliphatic carbocycles. The molecule has 4 rings (SSSR count). The molecule has 0 saturated heterocycles. The predicted molar refractivity (Wildman–Crippen MR) is 99.5 cm³/mol. The number of ether oxygens (including phenoxy) is 1. The van der Waals surface area contributed by atoms with Crippen LogP contribution < -0.4 is 10.1 Å². The molecule has 2 heterocycles. The molecule has 134 valence electrons. The van der Waals surface area contributed by atoms with Gasteiger partial charge in [-0.1, -0.05) is 12.1 Å². The monoisotopic (exact) mass is 369 g/mol. The number of nitrogens with zero attached hydrogens (tertiary/aromatic N) is 2. The smallest absolute Gasteiger partial charge is 0.259 e. The van der Waals surface area contributed by atoms with E-state index in [9.17, 15) is 4.79 Å². The number of carbonyl (C=O) groups excluding carboxylic acids is 1. The Balaban J connectivity index is 1.42. The van der Waals surface area contributed by atoms with Gasteiger partial charge in [0.2, 0.25) is 11.8 Å². The molecule has 1 fully saturated rings. The summed E-state index contributed by atoms with van der Waals surface area (Å²) < 4.78 is 11.2. The van der Waals surface area contributed by atoms with E-state index in [0.717, 1.165) is 29.0 Å². The lowest BCUT2D eigenvalue weighted by Gasteiger charge is -2.06. The second kappa shape index (κ2) is 7.29. The quantitative estimate of drug-likeness (QED) is 0.673. The SMILES string of the molecule is CCOc1ccc(CC(=O)Nc2ccsc2-c2nnc(C3CC3)o2)cc1. The van der Waals surface area contributed by atoms with Gasteiger partial charge in [-0.2, -0.15) is 0 Å². The van der Waals surface area contributed by atoms with Gasteiger partial charge in [-0.15, -0.1) is 21.5 Å². The van der Waals surface area contributed by atoms with E-state index in [1.807, 2.05) is 42.6 Å². The van der Waals surface area contributed by atoms with Crippen molar-refractivity contribution in [2.45, 2.75) is 32.1 Å². The van der Waals surface area contributed by atoms with Crippen LogP contribution in [-0.2, 0) is 11.2 Å². The summed E-state index contributed by atoms with van der Waals surface area (Å²) in [6.07, 6.45) is 2.51. The van der Waals surface area contributed by atoms with Crippen LogP contribution in [0.2, 0.25) is 0 Å². The van der Waals surface area contributed by atoms with Crippen molar-refractivity contribution in [1.29, 1.82) is 0 Å². The zero-order valence-corrected chi connectivity index (χ0v) is 15.2. The minimum Gasteiger partial charge on any atom is -0.494 e. The van der Waals surface area contributed by atoms with Crippen molar-refractivity contribution in [2.24, 2.45) is 0 Å². The molecule has 0 radical (unpaired) electrons. The van der Waals surface area contributed by atoms with E-state index >= 15 is 0 Å². The molecule has 6 nitrogen and oxygen atoms in total. The summed E-state index contributed by atoms with van der Waals surface area (Å²) in [6, 6.07) is 9.41. The first kappa shape index (κ1) is 16.8. The van der Waals surface area contributed by atoms with Gasteiger partial charge in [0, 0.05) is 5.92 Å². The molecule has 26 heavy (non-hydrogen) atoms. The summed E-state index contributed by atoms with van der Waals surface area (Å²) in [5.41, 5.74) is 1.63. The Hall–Kier alpha value is -2.67. The van der Waals surface area contributed by atoms with Gasteiger partial charge in [0.1, 0.15) is 10.6 Å². The van der Waals surface area contributed by atoms with Crippen LogP contribution in [-0.4, -0.2) is 22.7 Å². The molecule has 0 atom stereocenters. The first-order valence-corrected chi connectivity index (χ1v) is 9.53. The van der Waals surface area contributed by atoms with Gasteiger partial charge in [0.15, 0.2) is 0 Å². The Bertz CT molecular complexity index is 897. The second-order valence-electron chi connectivity index (χ2n) is 6.19. The zero-order valence-electron chi connectivity index (χ0n) is 14.4. The highest BCUT2D eigenvalue weighted by molar-refractivity contribution is 7.14. The molecule has 1 saturated carbocycles. The Morgan fingerprint density at radius 3 is 2.81 bits per heavy atom. The number of rotatable bonds is 7. The first-order valence-electron chi connectivity index (χ1n) is 8.65. The number of anilines is 1. The maximum atomic E-state index is 12.4. The second-order valence-corrected chi connectivity index (χ2v) is 7.10. The van der Waals surface area contributed by atoms with Gasteiger partial charge < -0.3 is 14.5 Å². The summed E-state index contributed by atoms with van der Waals surface area (Å²) in [5, 5.41) is 13.1. The summed E-state index contributed by atoms with van der Waals surface area (Å²) >= 11 is 1.48. The van der Waals surface area contributed by atoms with Gasteiger partial charge in [-0.05, 0) is 48.9 Å². The van der Waals surface area contributed by atoms with Crippen molar-refractivity contribution in [1.82, 2.24) is 10.2 Å². The average molecular weight is 369 g/mol. The van der Waals surface area contributed by atoms with E-state index in [4.69, 9.17) is 9.15 Å². The molecule has 1 aliphatic rings. The van der Waals surface area contributed by atoms with Crippen LogP contribution in [0.4, 0.5) is 5.69 Å². The van der Waals surface area contributed by atoms with Crippen molar-refractivity contribution in [3.63, 3.8) is 0 Å². The van der Waals surface area contributed by atoms with Gasteiger partial charge in [0.05, 0.1) is 18.7 Å². The average Bonchev–Trinajstić information content (AvgIpc) is 3.19. The third-order valence-corrected chi connectivity index (χ3v) is 5.00. The maximum Gasteiger partial charge on any atom is 0.259 e. The van der Waals surface area contributed by atoms with Crippen molar-refractivity contribution < 1.29 is 13.9 Å². The van der Waals surface area contributed by atoms with Crippen molar-refractivity contribution in [2.75, 3.05) is 11.9 Å². The highest BCUT2D eigenvalue weighted by Gasteiger charge is 2.30. The van der Waals surface area contributed by atoms with Gasteiger partial charge in [-0.25, -0.2) is 0 Å². The minimum absolute atomic E-state index is 0.0873. The Kier molecular flexibility index (Phi) is 4.71. The van der Waals surface area contributed by atoms with Gasteiger partial charge in [0.25, 0.3) is 5.89 Å². The lowest BCUT2D eigenvalue weighted by Crippen LogP contribution is -2.14. The fourth-order valence-electron chi connectivity index (χ4n) is 2.64. The first-order chi connectivity index (χ1) is 12.7. The molecule has 0 spiro atoms. The van der Waals surface area contributed by atoms with E-state index in [1.54, 1.807) is 0 Å². The van der Waals surface area contributed by atoms with Crippen LogP contribution in [0.15, 0.2) is 40.1 Å². The van der Waals surface area contributed by atoms with E-state index in [1.165, 1.54) is 11.3 Å². The Labute approximate surface area is 155 Å². The van der Waals surface area contributed by atoms with E-state index < -0.39 is 0 Å². The molecule has 7 heteroatoms. The van der Waals surface area contributed by atoms with Crippen LogP contribution in [0.3, 0.4) is 0 Å². The Morgan fingerprint density at radius 2 is 2.08 bits per heavy atom. The third-order valence-electron chi connectivity index (χ3n) is 4.10. The van der Waals surface area contributed by atoms with Crippen LogP contribution in [0, 0.1) is 0 Å². The molecular formula is C19H19N3O3S. The summed E-state index contributed by atoms with van der Waals surface area (Å²) in [4.78, 5) is 13.2. The number of thiophene rings is 1. The molecular weight excluding hydrogens is 350 g/mol. The van der Waals surface area contributed by atoms with E-state index in [0.29, 0.717) is 36.4 Å². The molecule has 0 aliphatic heterocycles. The number of carbonyl (C=O) groups is 1. The molecule has 1 amide bonds. The molecule has 0 bridgehead atoms. The topological polar surface area (TPSA) is 77.2 Å². The lowest BCUT2D eigenvalue weighted by molar-refractivity contribution is -0.115.